The van der Waals surface area contributed by atoms with E-state index in [2.05, 4.69) is 28.8 Å². The first kappa shape index (κ1) is 24.0. The van der Waals surface area contributed by atoms with Crippen LogP contribution in [0, 0.1) is 11.3 Å². The van der Waals surface area contributed by atoms with Crippen LogP contribution in [0.15, 0.2) is 42.5 Å². The van der Waals surface area contributed by atoms with Crippen LogP contribution in [0.3, 0.4) is 0 Å². The summed E-state index contributed by atoms with van der Waals surface area (Å²) in [5.41, 5.74) is 3.67. The maximum atomic E-state index is 13.0. The zero-order chi connectivity index (χ0) is 24.8. The molecule has 5 nitrogen and oxygen atoms in total. The number of alkyl carbamates (subject to hydrolysis) is 1. The van der Waals surface area contributed by atoms with Gasteiger partial charge in [-0.05, 0) is 90.6 Å². The van der Waals surface area contributed by atoms with E-state index in [1.54, 1.807) is 12.1 Å². The number of ether oxygens (including phenoxy) is 2. The molecule has 3 saturated heterocycles. The average Bonchev–Trinajstić information content (AvgIpc) is 2.81. The molecule has 3 fully saturated rings. The number of hydrogen-bond donors (Lipinski definition) is 1. The van der Waals surface area contributed by atoms with Crippen molar-refractivity contribution in [1.82, 2.24) is 10.2 Å². The predicted molar refractivity (Wildman–Crippen MR) is 126 cm³/mol. The first-order chi connectivity index (χ1) is 16.6. The second kappa shape index (κ2) is 9.04. The average molecular weight is 489 g/mol. The van der Waals surface area contributed by atoms with Crippen LogP contribution < -0.4 is 10.1 Å². The van der Waals surface area contributed by atoms with E-state index in [1.165, 1.54) is 17.7 Å². The molecule has 4 aliphatic rings. The van der Waals surface area contributed by atoms with Gasteiger partial charge in [-0.15, -0.1) is 13.2 Å². The highest BCUT2D eigenvalue weighted by atomic mass is 19.4. The lowest BCUT2D eigenvalue weighted by Gasteiger charge is -2.44. The second-order valence-corrected chi connectivity index (χ2v) is 10.6. The van der Waals surface area contributed by atoms with Gasteiger partial charge in [0.25, 0.3) is 0 Å². The molecule has 3 aliphatic heterocycles. The lowest BCUT2D eigenvalue weighted by Crippen LogP contribution is -2.53. The zero-order valence-electron chi connectivity index (χ0n) is 20.0. The van der Waals surface area contributed by atoms with Crippen LogP contribution in [0.4, 0.5) is 18.0 Å². The minimum atomic E-state index is -4.72. The molecule has 2 aromatic carbocycles. The van der Waals surface area contributed by atoms with E-state index in [9.17, 15) is 18.0 Å². The Bertz CT molecular complexity index is 1080. The molecule has 0 radical (unpaired) electrons. The number of amides is 1. The van der Waals surface area contributed by atoms with E-state index in [0.717, 1.165) is 62.0 Å². The minimum Gasteiger partial charge on any atom is -0.445 e. The first-order valence-corrected chi connectivity index (χ1v) is 12.3. The fraction of sp³-hybridized carbons (Fsp3) is 0.519. The molecule has 1 N–H and O–H groups in total. The van der Waals surface area contributed by atoms with Crippen molar-refractivity contribution in [3.05, 3.63) is 53.6 Å². The molecule has 2 bridgehead atoms. The molecule has 1 aliphatic carbocycles. The quantitative estimate of drug-likeness (QED) is 0.566. The Morgan fingerprint density at radius 1 is 1.06 bits per heavy atom. The van der Waals surface area contributed by atoms with Crippen LogP contribution in [0.2, 0.25) is 0 Å². The van der Waals surface area contributed by atoms with Crippen LogP contribution in [0.5, 0.6) is 5.75 Å². The molecule has 8 heteroatoms. The van der Waals surface area contributed by atoms with Gasteiger partial charge in [0, 0.05) is 6.54 Å². The van der Waals surface area contributed by atoms with Crippen molar-refractivity contribution >= 4 is 6.09 Å². The maximum absolute atomic E-state index is 13.0. The van der Waals surface area contributed by atoms with Crippen LogP contribution in [-0.2, 0) is 11.2 Å². The summed E-state index contributed by atoms with van der Waals surface area (Å²) in [6.07, 6.45) is -1.19. The summed E-state index contributed by atoms with van der Waals surface area (Å²) in [5.74, 6) is 0.184. The molecule has 1 amide bonds. The molecule has 0 aromatic heterocycles. The third-order valence-corrected chi connectivity index (χ3v) is 7.82. The fourth-order valence-electron chi connectivity index (χ4n) is 5.75. The van der Waals surface area contributed by atoms with Gasteiger partial charge in [-0.3, -0.25) is 4.90 Å². The van der Waals surface area contributed by atoms with Gasteiger partial charge in [-0.1, -0.05) is 38.1 Å². The van der Waals surface area contributed by atoms with Gasteiger partial charge in [0.2, 0.25) is 0 Å². The van der Waals surface area contributed by atoms with Gasteiger partial charge in [-0.2, -0.15) is 0 Å². The van der Waals surface area contributed by atoms with Gasteiger partial charge in [0.05, 0.1) is 6.04 Å². The third kappa shape index (κ3) is 5.27. The van der Waals surface area contributed by atoms with E-state index in [0.29, 0.717) is 5.92 Å². The fourth-order valence-corrected chi connectivity index (χ4v) is 5.75. The summed E-state index contributed by atoms with van der Waals surface area (Å²) in [6, 6.07) is 11.7. The standard InChI is InChI=1S/C27H31F3N2O3/c1-26(2)12-9-18-3-4-20(17-5-7-21(8-6-17)35-27(28,29)30)15-22(18)24(26)31-25(33)34-23-16-32-13-10-19(23)11-14-32/h3-8,15,19,23-24H,9-14,16H2,1-2H3,(H,31,33)/t23-,24?/m1/s1. The summed E-state index contributed by atoms with van der Waals surface area (Å²) in [7, 11) is 0. The van der Waals surface area contributed by atoms with Crippen molar-refractivity contribution in [2.24, 2.45) is 11.3 Å². The van der Waals surface area contributed by atoms with Gasteiger partial charge >= 0.3 is 12.5 Å². The largest absolute Gasteiger partial charge is 0.573 e. The summed E-state index contributed by atoms with van der Waals surface area (Å²) in [5, 5.41) is 3.16. The lowest BCUT2D eigenvalue weighted by atomic mass is 9.70. The number of benzene rings is 2. The number of nitrogens with one attached hydrogen (secondary N) is 1. The predicted octanol–water partition coefficient (Wildman–Crippen LogP) is 6.09. The number of carbonyl (C=O) groups excluding carboxylic acids is 1. The Kier molecular flexibility index (Phi) is 6.20. The van der Waals surface area contributed by atoms with Crippen molar-refractivity contribution in [1.29, 1.82) is 0 Å². The highest BCUT2D eigenvalue weighted by molar-refractivity contribution is 5.70. The van der Waals surface area contributed by atoms with Crippen LogP contribution in [-0.4, -0.2) is 43.1 Å². The zero-order valence-corrected chi connectivity index (χ0v) is 20.0. The van der Waals surface area contributed by atoms with E-state index in [4.69, 9.17) is 4.74 Å². The number of fused-ring (bicyclic) bond motifs is 4. The smallest absolute Gasteiger partial charge is 0.445 e. The summed E-state index contributed by atoms with van der Waals surface area (Å²) in [6.45, 7) is 7.26. The molecule has 35 heavy (non-hydrogen) atoms. The van der Waals surface area contributed by atoms with Crippen molar-refractivity contribution in [3.63, 3.8) is 0 Å². The van der Waals surface area contributed by atoms with E-state index < -0.39 is 6.36 Å². The molecule has 188 valence electrons. The number of alkyl halides is 3. The maximum Gasteiger partial charge on any atom is 0.573 e. The normalized spacial score (nSPS) is 27.1. The highest BCUT2D eigenvalue weighted by Gasteiger charge is 2.40. The van der Waals surface area contributed by atoms with Crippen LogP contribution in [0.1, 0.15) is 50.3 Å². The molecular weight excluding hydrogens is 457 g/mol. The van der Waals surface area contributed by atoms with Gasteiger partial charge in [0.15, 0.2) is 0 Å². The molecule has 0 saturated carbocycles. The van der Waals surface area contributed by atoms with Gasteiger partial charge in [-0.25, -0.2) is 4.79 Å². The van der Waals surface area contributed by atoms with E-state index in [-0.39, 0.29) is 29.4 Å². The SMILES string of the molecule is CC1(C)CCc2ccc(-c3ccc(OC(F)(F)F)cc3)cc2C1NC(=O)O[C@@H]1CN2CCC1CC2. The van der Waals surface area contributed by atoms with E-state index in [1.807, 2.05) is 18.2 Å². The third-order valence-electron chi connectivity index (χ3n) is 7.82. The Morgan fingerprint density at radius 2 is 1.74 bits per heavy atom. The highest BCUT2D eigenvalue weighted by Crippen LogP contribution is 2.45. The summed E-state index contributed by atoms with van der Waals surface area (Å²) < 4.78 is 47.4. The van der Waals surface area contributed by atoms with Crippen LogP contribution >= 0.6 is 0 Å². The number of aryl methyl sites for hydroxylation is 1. The van der Waals surface area contributed by atoms with Crippen molar-refractivity contribution < 1.29 is 27.4 Å². The number of halogens is 3. The first-order valence-electron chi connectivity index (χ1n) is 12.3. The number of carbonyl (C=O) groups is 1. The Morgan fingerprint density at radius 3 is 2.37 bits per heavy atom. The molecule has 3 heterocycles. The molecule has 2 atom stereocenters. The Hall–Kier alpha value is -2.74. The molecule has 2 aromatic rings. The van der Waals surface area contributed by atoms with Gasteiger partial charge < -0.3 is 14.8 Å². The Labute approximate surface area is 203 Å². The Balaban J connectivity index is 1.35. The monoisotopic (exact) mass is 488 g/mol. The number of rotatable bonds is 4. The molecular formula is C27H31F3N2O3. The van der Waals surface area contributed by atoms with Crippen molar-refractivity contribution in [2.75, 3.05) is 19.6 Å². The summed E-state index contributed by atoms with van der Waals surface area (Å²) in [4.78, 5) is 15.4. The van der Waals surface area contributed by atoms with Crippen molar-refractivity contribution in [2.45, 2.75) is 58.0 Å². The molecule has 0 spiro atoms. The van der Waals surface area contributed by atoms with E-state index >= 15 is 0 Å². The molecule has 6 rings (SSSR count). The lowest BCUT2D eigenvalue weighted by molar-refractivity contribution is -0.274. The molecule has 1 unspecified atom stereocenters. The van der Waals surface area contributed by atoms with Crippen molar-refractivity contribution in [3.8, 4) is 16.9 Å². The summed E-state index contributed by atoms with van der Waals surface area (Å²) >= 11 is 0. The second-order valence-electron chi connectivity index (χ2n) is 10.6. The topological polar surface area (TPSA) is 50.8 Å². The number of hydrogen-bond acceptors (Lipinski definition) is 4. The van der Waals surface area contributed by atoms with Gasteiger partial charge in [0.1, 0.15) is 11.9 Å². The number of piperidine rings is 3. The number of nitrogens with zero attached hydrogens (tertiary/aromatic N) is 1. The van der Waals surface area contributed by atoms with Crippen LogP contribution in [0.25, 0.3) is 11.1 Å². The minimum absolute atomic E-state index is 0.0626.